The van der Waals surface area contributed by atoms with E-state index >= 15 is 0 Å². The Bertz CT molecular complexity index is 764. The van der Waals surface area contributed by atoms with Gasteiger partial charge in [0, 0.05) is 22.5 Å². The molecule has 5 nitrogen and oxygen atoms in total. The van der Waals surface area contributed by atoms with Gasteiger partial charge in [0.25, 0.3) is 5.91 Å². The molecule has 2 heterocycles. The van der Waals surface area contributed by atoms with Crippen LogP contribution in [0.3, 0.4) is 0 Å². The van der Waals surface area contributed by atoms with E-state index in [-0.39, 0.29) is 11.8 Å². The molecule has 2 amide bonds. The number of hydrogen-bond acceptors (Lipinski definition) is 5. The van der Waals surface area contributed by atoms with Crippen LogP contribution in [-0.2, 0) is 24.1 Å². The lowest BCUT2D eigenvalue weighted by atomic mass is 9.95. The number of anilines is 1. The van der Waals surface area contributed by atoms with E-state index in [9.17, 15) is 9.59 Å². The van der Waals surface area contributed by atoms with Crippen LogP contribution in [-0.4, -0.2) is 23.3 Å². The molecule has 7 heteroatoms. The molecule has 1 aliphatic rings. The highest BCUT2D eigenvalue weighted by Crippen LogP contribution is 2.38. The fourth-order valence-electron chi connectivity index (χ4n) is 2.96. The number of carbonyl (C=O) groups excluding carboxylic acids is 2. The molecule has 0 spiro atoms. The van der Waals surface area contributed by atoms with Crippen LogP contribution < -0.4 is 10.6 Å². The van der Waals surface area contributed by atoms with Gasteiger partial charge < -0.3 is 10.6 Å². The average Bonchev–Trinajstić information content (AvgIpc) is 3.10. The quantitative estimate of drug-likeness (QED) is 0.856. The van der Waals surface area contributed by atoms with Crippen LogP contribution in [0.1, 0.15) is 50.4 Å². The van der Waals surface area contributed by atoms with Crippen molar-refractivity contribution in [2.24, 2.45) is 0 Å². The highest BCUT2D eigenvalue weighted by Gasteiger charge is 2.26. The molecule has 0 bridgehead atoms. The molecule has 0 aromatic carbocycles. The Labute approximate surface area is 149 Å². The molecule has 1 aliphatic carbocycles. The Morgan fingerprint density at radius 1 is 1.25 bits per heavy atom. The van der Waals surface area contributed by atoms with Gasteiger partial charge in [-0.15, -0.1) is 22.7 Å². The maximum atomic E-state index is 12.5. The third-order valence-electron chi connectivity index (χ3n) is 3.99. The Balaban J connectivity index is 1.82. The van der Waals surface area contributed by atoms with Crippen molar-refractivity contribution in [1.29, 1.82) is 0 Å². The van der Waals surface area contributed by atoms with Gasteiger partial charge in [0.15, 0.2) is 0 Å². The monoisotopic (exact) mass is 363 g/mol. The normalized spacial score (nSPS) is 13.4. The van der Waals surface area contributed by atoms with Crippen molar-refractivity contribution in [2.45, 2.75) is 46.0 Å². The molecule has 24 heavy (non-hydrogen) atoms. The number of thiophene rings is 1. The van der Waals surface area contributed by atoms with Crippen molar-refractivity contribution in [3.8, 4) is 0 Å². The van der Waals surface area contributed by atoms with Gasteiger partial charge in [-0.2, -0.15) is 0 Å². The van der Waals surface area contributed by atoms with Gasteiger partial charge >= 0.3 is 0 Å². The Kier molecular flexibility index (Phi) is 5.30. The standard InChI is InChI=1S/C17H21N3O2S2/c1-3-18-16(22)15-12-6-4-5-7-13(12)24-17(15)20-14(21)8-11-9-19-10(2)23-11/h9H,3-8H2,1-2H3,(H,18,22)(H,20,21). The third-order valence-corrected chi connectivity index (χ3v) is 6.11. The topological polar surface area (TPSA) is 71.1 Å². The van der Waals surface area contributed by atoms with Crippen LogP contribution in [0.2, 0.25) is 0 Å². The zero-order valence-electron chi connectivity index (χ0n) is 13.9. The number of amides is 2. The molecular formula is C17H21N3O2S2. The lowest BCUT2D eigenvalue weighted by Crippen LogP contribution is -2.25. The number of thiazole rings is 1. The van der Waals surface area contributed by atoms with E-state index in [0.717, 1.165) is 41.1 Å². The number of nitrogens with one attached hydrogen (secondary N) is 2. The molecule has 0 radical (unpaired) electrons. The molecule has 128 valence electrons. The summed E-state index contributed by atoms with van der Waals surface area (Å²) in [7, 11) is 0. The fraction of sp³-hybridized carbons (Fsp3) is 0.471. The van der Waals surface area contributed by atoms with E-state index in [0.29, 0.717) is 23.5 Å². The van der Waals surface area contributed by atoms with E-state index in [4.69, 9.17) is 0 Å². The molecule has 3 rings (SSSR count). The summed E-state index contributed by atoms with van der Waals surface area (Å²) in [5, 5.41) is 7.48. The van der Waals surface area contributed by atoms with Gasteiger partial charge in [-0.25, -0.2) is 4.98 Å². The molecule has 0 atom stereocenters. The number of aromatic nitrogens is 1. The fourth-order valence-corrected chi connectivity index (χ4v) is 5.06. The number of aryl methyl sites for hydroxylation is 2. The van der Waals surface area contributed by atoms with Crippen LogP contribution in [0.4, 0.5) is 5.00 Å². The van der Waals surface area contributed by atoms with Crippen molar-refractivity contribution >= 4 is 39.5 Å². The summed E-state index contributed by atoms with van der Waals surface area (Å²) < 4.78 is 0. The van der Waals surface area contributed by atoms with E-state index in [2.05, 4.69) is 15.6 Å². The first kappa shape index (κ1) is 17.1. The molecule has 0 saturated carbocycles. The Hall–Kier alpha value is -1.73. The lowest BCUT2D eigenvalue weighted by molar-refractivity contribution is -0.115. The summed E-state index contributed by atoms with van der Waals surface area (Å²) in [6, 6.07) is 0. The predicted octanol–water partition coefficient (Wildman–Crippen LogP) is 3.32. The van der Waals surface area contributed by atoms with Crippen molar-refractivity contribution in [2.75, 3.05) is 11.9 Å². The first-order valence-corrected chi connectivity index (χ1v) is 9.85. The highest BCUT2D eigenvalue weighted by atomic mass is 32.1. The molecule has 2 aromatic heterocycles. The minimum Gasteiger partial charge on any atom is -0.352 e. The van der Waals surface area contributed by atoms with Crippen LogP contribution in [0.25, 0.3) is 0 Å². The van der Waals surface area contributed by atoms with Crippen LogP contribution >= 0.6 is 22.7 Å². The number of hydrogen-bond donors (Lipinski definition) is 2. The van der Waals surface area contributed by atoms with Gasteiger partial charge in [-0.3, -0.25) is 9.59 Å². The predicted molar refractivity (Wildman–Crippen MR) is 98.2 cm³/mol. The van der Waals surface area contributed by atoms with Crippen molar-refractivity contribution in [1.82, 2.24) is 10.3 Å². The Morgan fingerprint density at radius 2 is 2.04 bits per heavy atom. The molecule has 0 fully saturated rings. The third kappa shape index (κ3) is 3.67. The molecule has 0 saturated heterocycles. The van der Waals surface area contributed by atoms with E-state index in [1.165, 1.54) is 16.2 Å². The van der Waals surface area contributed by atoms with Gasteiger partial charge in [-0.1, -0.05) is 0 Å². The Morgan fingerprint density at radius 3 is 2.75 bits per heavy atom. The van der Waals surface area contributed by atoms with Gasteiger partial charge in [0.1, 0.15) is 5.00 Å². The molecule has 2 aromatic rings. The zero-order valence-corrected chi connectivity index (χ0v) is 15.5. The maximum Gasteiger partial charge on any atom is 0.254 e. The number of fused-ring (bicyclic) bond motifs is 1. The number of rotatable bonds is 5. The van der Waals surface area contributed by atoms with Crippen LogP contribution in [0.5, 0.6) is 0 Å². The van der Waals surface area contributed by atoms with Crippen LogP contribution in [0.15, 0.2) is 6.20 Å². The molecule has 0 aliphatic heterocycles. The van der Waals surface area contributed by atoms with Crippen molar-refractivity contribution in [3.05, 3.63) is 32.1 Å². The van der Waals surface area contributed by atoms with Gasteiger partial charge in [-0.05, 0) is 45.1 Å². The second-order valence-electron chi connectivity index (χ2n) is 5.85. The van der Waals surface area contributed by atoms with Crippen molar-refractivity contribution < 1.29 is 9.59 Å². The number of nitrogens with zero attached hydrogens (tertiary/aromatic N) is 1. The summed E-state index contributed by atoms with van der Waals surface area (Å²) >= 11 is 3.08. The van der Waals surface area contributed by atoms with Crippen molar-refractivity contribution in [3.63, 3.8) is 0 Å². The minimum absolute atomic E-state index is 0.0826. The first-order chi connectivity index (χ1) is 11.6. The number of carbonyl (C=O) groups is 2. The SMILES string of the molecule is CCNC(=O)c1c(NC(=O)Cc2cnc(C)s2)sc2c1CCCC2. The summed E-state index contributed by atoms with van der Waals surface area (Å²) in [6.07, 6.45) is 6.20. The van der Waals surface area contributed by atoms with Gasteiger partial charge in [0.05, 0.1) is 17.0 Å². The average molecular weight is 364 g/mol. The second-order valence-corrected chi connectivity index (χ2v) is 8.27. The summed E-state index contributed by atoms with van der Waals surface area (Å²) in [4.78, 5) is 31.2. The summed E-state index contributed by atoms with van der Waals surface area (Å²) in [6.45, 7) is 4.41. The van der Waals surface area contributed by atoms with E-state index in [1.807, 2.05) is 13.8 Å². The first-order valence-electron chi connectivity index (χ1n) is 8.22. The van der Waals surface area contributed by atoms with Crippen LogP contribution in [0, 0.1) is 6.92 Å². The summed E-state index contributed by atoms with van der Waals surface area (Å²) in [5.41, 5.74) is 1.80. The largest absolute Gasteiger partial charge is 0.352 e. The van der Waals surface area contributed by atoms with Gasteiger partial charge in [0.2, 0.25) is 5.91 Å². The highest BCUT2D eigenvalue weighted by molar-refractivity contribution is 7.17. The van der Waals surface area contributed by atoms with E-state index in [1.54, 1.807) is 17.5 Å². The maximum absolute atomic E-state index is 12.5. The lowest BCUT2D eigenvalue weighted by Gasteiger charge is -2.12. The molecule has 2 N–H and O–H groups in total. The molecular weight excluding hydrogens is 342 g/mol. The summed E-state index contributed by atoms with van der Waals surface area (Å²) in [5.74, 6) is -0.177. The smallest absolute Gasteiger partial charge is 0.254 e. The van der Waals surface area contributed by atoms with E-state index < -0.39 is 0 Å². The second kappa shape index (κ2) is 7.44. The molecule has 0 unspecified atom stereocenters. The minimum atomic E-state index is -0.0946. The zero-order chi connectivity index (χ0) is 17.1.